The highest BCUT2D eigenvalue weighted by Gasteiger charge is 1.97. The number of nitrogens with zero attached hydrogens (tertiary/aromatic N) is 1. The molecule has 0 saturated carbocycles. The molecule has 2 nitrogen and oxygen atoms in total. The maximum atomic E-state index is 4.01. The molecule has 1 heterocycles. The fourth-order valence-corrected chi connectivity index (χ4v) is 2.07. The quantitative estimate of drug-likeness (QED) is 0.856. The molecule has 2 rings (SSSR count). The van der Waals surface area contributed by atoms with Gasteiger partial charge in [-0.25, -0.2) is 0 Å². The van der Waals surface area contributed by atoms with Gasteiger partial charge in [-0.1, -0.05) is 34.1 Å². The maximum Gasteiger partial charge on any atom is 0.0270 e. The molecule has 17 heavy (non-hydrogen) atoms. The van der Waals surface area contributed by atoms with Crippen molar-refractivity contribution in [2.24, 2.45) is 0 Å². The Bertz CT molecular complexity index is 457. The second-order valence-electron chi connectivity index (χ2n) is 3.87. The molecule has 0 aliphatic rings. The summed E-state index contributed by atoms with van der Waals surface area (Å²) in [6, 6.07) is 12.4. The van der Waals surface area contributed by atoms with Crippen molar-refractivity contribution < 1.29 is 0 Å². The van der Waals surface area contributed by atoms with Gasteiger partial charge in [0.05, 0.1) is 0 Å². The van der Waals surface area contributed by atoms with Crippen LogP contribution in [-0.2, 0) is 13.0 Å². The van der Waals surface area contributed by atoms with Gasteiger partial charge in [-0.05, 0) is 42.3 Å². The van der Waals surface area contributed by atoms with Crippen molar-refractivity contribution in [1.29, 1.82) is 0 Å². The Morgan fingerprint density at radius 1 is 1.06 bits per heavy atom. The zero-order valence-corrected chi connectivity index (χ0v) is 11.2. The fraction of sp³-hybridized carbons (Fsp3) is 0.214. The van der Waals surface area contributed by atoms with Crippen molar-refractivity contribution in [2.45, 2.75) is 13.0 Å². The first-order chi connectivity index (χ1) is 8.36. The molecule has 0 atom stereocenters. The molecule has 1 N–H and O–H groups in total. The van der Waals surface area contributed by atoms with Crippen molar-refractivity contribution in [3.63, 3.8) is 0 Å². The lowest BCUT2D eigenvalue weighted by molar-refractivity contribution is 0.685. The first-order valence-electron chi connectivity index (χ1n) is 5.69. The van der Waals surface area contributed by atoms with Gasteiger partial charge in [0.15, 0.2) is 0 Å². The van der Waals surface area contributed by atoms with Gasteiger partial charge in [0, 0.05) is 23.4 Å². The van der Waals surface area contributed by atoms with E-state index < -0.39 is 0 Å². The number of rotatable bonds is 5. The van der Waals surface area contributed by atoms with Crippen LogP contribution in [0.25, 0.3) is 0 Å². The minimum atomic E-state index is 0.895. The number of pyridine rings is 1. The summed E-state index contributed by atoms with van der Waals surface area (Å²) in [6.07, 6.45) is 4.71. The highest BCUT2D eigenvalue weighted by Crippen LogP contribution is 2.15. The van der Waals surface area contributed by atoms with Crippen LogP contribution < -0.4 is 5.32 Å². The van der Waals surface area contributed by atoms with Crippen molar-refractivity contribution in [1.82, 2.24) is 10.3 Å². The monoisotopic (exact) mass is 290 g/mol. The molecular weight excluding hydrogens is 276 g/mol. The molecule has 0 radical (unpaired) electrons. The van der Waals surface area contributed by atoms with E-state index >= 15 is 0 Å². The number of nitrogens with one attached hydrogen (secondary N) is 1. The van der Waals surface area contributed by atoms with E-state index in [1.54, 1.807) is 0 Å². The van der Waals surface area contributed by atoms with Crippen molar-refractivity contribution >= 4 is 15.9 Å². The van der Waals surface area contributed by atoms with E-state index in [2.05, 4.69) is 56.6 Å². The zero-order valence-electron chi connectivity index (χ0n) is 9.57. The third kappa shape index (κ3) is 3.95. The first-order valence-corrected chi connectivity index (χ1v) is 6.48. The lowest BCUT2D eigenvalue weighted by Crippen LogP contribution is -2.16. The van der Waals surface area contributed by atoms with Crippen LogP contribution in [0.1, 0.15) is 11.1 Å². The molecule has 0 fully saturated rings. The molecule has 1 aromatic heterocycles. The van der Waals surface area contributed by atoms with Crippen LogP contribution in [0.2, 0.25) is 0 Å². The Morgan fingerprint density at radius 3 is 2.59 bits per heavy atom. The minimum Gasteiger partial charge on any atom is -0.312 e. The van der Waals surface area contributed by atoms with E-state index in [0.29, 0.717) is 0 Å². The van der Waals surface area contributed by atoms with Crippen LogP contribution in [0.5, 0.6) is 0 Å². The molecular formula is C14H15BrN2. The second kappa shape index (κ2) is 6.52. The smallest absolute Gasteiger partial charge is 0.0270 e. The SMILES string of the molecule is Brc1ccccc1CNCCc1ccncc1. The summed E-state index contributed by atoms with van der Waals surface area (Å²) in [5.41, 5.74) is 2.61. The summed E-state index contributed by atoms with van der Waals surface area (Å²) in [7, 11) is 0. The molecule has 1 aromatic carbocycles. The molecule has 2 aromatic rings. The maximum absolute atomic E-state index is 4.01. The molecule has 0 aliphatic heterocycles. The summed E-state index contributed by atoms with van der Waals surface area (Å²) in [5, 5.41) is 3.44. The largest absolute Gasteiger partial charge is 0.312 e. The summed E-state index contributed by atoms with van der Waals surface area (Å²) < 4.78 is 1.16. The normalized spacial score (nSPS) is 10.4. The molecule has 3 heteroatoms. The number of hydrogen-bond donors (Lipinski definition) is 1. The van der Waals surface area contributed by atoms with Gasteiger partial charge >= 0.3 is 0 Å². The van der Waals surface area contributed by atoms with Gasteiger partial charge in [0.1, 0.15) is 0 Å². The lowest BCUT2D eigenvalue weighted by atomic mass is 10.2. The standard InChI is InChI=1S/C14H15BrN2/c15-14-4-2-1-3-13(14)11-17-10-7-12-5-8-16-9-6-12/h1-6,8-9,17H,7,10-11H2. The Hall–Kier alpha value is -1.19. The first kappa shape index (κ1) is 12.3. The predicted octanol–water partition coefficient (Wildman–Crippen LogP) is 3.18. The van der Waals surface area contributed by atoms with Crippen molar-refractivity contribution in [2.75, 3.05) is 6.54 Å². The predicted molar refractivity (Wildman–Crippen MR) is 73.8 cm³/mol. The molecule has 0 amide bonds. The van der Waals surface area contributed by atoms with E-state index in [-0.39, 0.29) is 0 Å². The van der Waals surface area contributed by atoms with Gasteiger partial charge in [-0.3, -0.25) is 4.98 Å². The Labute approximate surface area is 110 Å². The highest BCUT2D eigenvalue weighted by atomic mass is 79.9. The highest BCUT2D eigenvalue weighted by molar-refractivity contribution is 9.10. The number of aromatic nitrogens is 1. The van der Waals surface area contributed by atoms with E-state index in [1.165, 1.54) is 11.1 Å². The summed E-state index contributed by atoms with van der Waals surface area (Å²) in [4.78, 5) is 4.01. The van der Waals surface area contributed by atoms with Gasteiger partial charge < -0.3 is 5.32 Å². The van der Waals surface area contributed by atoms with E-state index in [9.17, 15) is 0 Å². The molecule has 0 bridgehead atoms. The summed E-state index contributed by atoms with van der Waals surface area (Å²) >= 11 is 3.55. The Balaban J connectivity index is 1.76. The number of benzene rings is 1. The van der Waals surface area contributed by atoms with Crippen LogP contribution in [0, 0.1) is 0 Å². The van der Waals surface area contributed by atoms with Gasteiger partial charge in [-0.2, -0.15) is 0 Å². The van der Waals surface area contributed by atoms with Gasteiger partial charge in [-0.15, -0.1) is 0 Å². The van der Waals surface area contributed by atoms with Gasteiger partial charge in [0.2, 0.25) is 0 Å². The van der Waals surface area contributed by atoms with Crippen molar-refractivity contribution in [3.05, 3.63) is 64.4 Å². The topological polar surface area (TPSA) is 24.9 Å². The lowest BCUT2D eigenvalue weighted by Gasteiger charge is -2.06. The molecule has 0 saturated heterocycles. The van der Waals surface area contributed by atoms with Crippen LogP contribution in [0.4, 0.5) is 0 Å². The van der Waals surface area contributed by atoms with E-state index in [0.717, 1.165) is 24.0 Å². The fourth-order valence-electron chi connectivity index (χ4n) is 1.65. The third-order valence-corrected chi connectivity index (χ3v) is 3.39. The van der Waals surface area contributed by atoms with E-state index in [4.69, 9.17) is 0 Å². The molecule has 0 unspecified atom stereocenters. The third-order valence-electron chi connectivity index (χ3n) is 2.61. The Kier molecular flexibility index (Phi) is 4.71. The zero-order chi connectivity index (χ0) is 11.9. The molecule has 88 valence electrons. The number of halogens is 1. The van der Waals surface area contributed by atoms with Crippen LogP contribution in [0.15, 0.2) is 53.3 Å². The minimum absolute atomic E-state index is 0.895. The Morgan fingerprint density at radius 2 is 1.82 bits per heavy atom. The van der Waals surface area contributed by atoms with Crippen LogP contribution in [-0.4, -0.2) is 11.5 Å². The average Bonchev–Trinajstić information content (AvgIpc) is 2.38. The summed E-state index contributed by atoms with van der Waals surface area (Å²) in [5.74, 6) is 0. The average molecular weight is 291 g/mol. The molecule has 0 spiro atoms. The second-order valence-corrected chi connectivity index (χ2v) is 4.73. The van der Waals surface area contributed by atoms with Crippen LogP contribution >= 0.6 is 15.9 Å². The number of hydrogen-bond acceptors (Lipinski definition) is 2. The molecule has 0 aliphatic carbocycles. The van der Waals surface area contributed by atoms with E-state index in [1.807, 2.05) is 18.5 Å². The summed E-state index contributed by atoms with van der Waals surface area (Å²) in [6.45, 7) is 1.87. The van der Waals surface area contributed by atoms with Gasteiger partial charge in [0.25, 0.3) is 0 Å². The van der Waals surface area contributed by atoms with Crippen molar-refractivity contribution in [3.8, 4) is 0 Å². The van der Waals surface area contributed by atoms with Crippen LogP contribution in [0.3, 0.4) is 0 Å².